The summed E-state index contributed by atoms with van der Waals surface area (Å²) in [5.41, 5.74) is -1.84. The van der Waals surface area contributed by atoms with E-state index in [0.29, 0.717) is 63.5 Å². The van der Waals surface area contributed by atoms with Gasteiger partial charge < -0.3 is 146 Å². The van der Waals surface area contributed by atoms with Gasteiger partial charge in [0.2, 0.25) is 53.2 Å². The van der Waals surface area contributed by atoms with Crippen LogP contribution < -0.4 is 57.9 Å². The largest absolute Gasteiger partial charge is 0.488 e. The maximum Gasteiger partial charge on any atom is 0.251 e. The molecule has 10 amide bonds. The molecule has 3 aliphatic rings. The molecule has 3 fully saturated rings. The zero-order chi connectivity index (χ0) is 81.9. The second kappa shape index (κ2) is 52.4. The quantitative estimate of drug-likeness (QED) is 0.0271. The van der Waals surface area contributed by atoms with Crippen LogP contribution in [0, 0.1) is 0 Å². The number of benzene rings is 1. The third-order valence-corrected chi connectivity index (χ3v) is 17.5. The van der Waals surface area contributed by atoms with Gasteiger partial charge in [-0.05, 0) is 103 Å². The lowest BCUT2D eigenvalue weighted by atomic mass is 9.97. The van der Waals surface area contributed by atoms with Crippen molar-refractivity contribution >= 4 is 59.1 Å². The first kappa shape index (κ1) is 96.4. The van der Waals surface area contributed by atoms with Crippen molar-refractivity contribution in [2.45, 2.75) is 241 Å². The van der Waals surface area contributed by atoms with E-state index in [4.69, 9.17) is 47.4 Å². The van der Waals surface area contributed by atoms with E-state index in [1.165, 1.54) is 20.8 Å². The van der Waals surface area contributed by atoms with Crippen LogP contribution in [0.15, 0.2) is 24.3 Å². The molecule has 3 heterocycles. The molecule has 0 saturated carbocycles. The Kier molecular flexibility index (Phi) is 45.5. The monoisotopic (exact) mass is 1590 g/mol. The summed E-state index contributed by atoms with van der Waals surface area (Å²) in [6.45, 7) is 7.68. The van der Waals surface area contributed by atoms with Crippen molar-refractivity contribution in [3.63, 3.8) is 0 Å². The minimum atomic E-state index is -1.52. The number of hydrogen-bond donors (Lipinski definition) is 19. The fraction of sp³-hybridized carbons (Fsp3) is 0.778. The summed E-state index contributed by atoms with van der Waals surface area (Å²) < 4.78 is 58.0. The van der Waals surface area contributed by atoms with Crippen LogP contribution in [-0.2, 0) is 85.8 Å². The average Bonchev–Trinajstić information content (AvgIpc) is 0.819. The zero-order valence-electron chi connectivity index (χ0n) is 64.5. The highest BCUT2D eigenvalue weighted by Gasteiger charge is 2.48. The van der Waals surface area contributed by atoms with Crippen molar-refractivity contribution in [1.82, 2.24) is 53.2 Å². The Morgan fingerprint density at radius 2 is 0.658 bits per heavy atom. The highest BCUT2D eigenvalue weighted by Crippen LogP contribution is 2.27. The molecule has 1 aromatic rings. The summed E-state index contributed by atoms with van der Waals surface area (Å²) in [7, 11) is 0. The average molecular weight is 1590 g/mol. The van der Waals surface area contributed by atoms with E-state index in [-0.39, 0.29) is 178 Å². The first-order valence-corrected chi connectivity index (χ1v) is 37.9. The lowest BCUT2D eigenvalue weighted by Gasteiger charge is -2.42. The number of unbranched alkanes of at least 4 members (excludes halogenated alkanes) is 3. The van der Waals surface area contributed by atoms with E-state index in [2.05, 4.69) is 53.2 Å². The van der Waals surface area contributed by atoms with Gasteiger partial charge in [-0.3, -0.25) is 47.9 Å². The van der Waals surface area contributed by atoms with Crippen molar-refractivity contribution in [3.8, 4) is 5.75 Å². The van der Waals surface area contributed by atoms with Gasteiger partial charge in [-0.25, -0.2) is 0 Å². The number of ether oxygens (including phenoxy) is 10. The maximum atomic E-state index is 14.2. The van der Waals surface area contributed by atoms with Gasteiger partial charge in [-0.1, -0.05) is 0 Å². The first-order chi connectivity index (χ1) is 52.9. The standard InChI is InChI=1S/C72H122N10O29/c1-44(86)79-58-64(98)61(95)49(38-83)108-68(58)105-32-10-7-16-52(89)73-26-13-29-76-55(92)23-35-102-41-72(82-67(101)47-19-21-48(22-20-47)111-71(4,5)6,42-103-36-24-56(93)77-30-14-27-74-53(90)17-8-11-33-106-69-59(80-45(2)87)65(99)62(96)50(39-84)109-69)43-104-37-25-57(94)78-31-15-28-75-54(91)18-9-12-34-107-70-60(81-46(3)88)66(100)63(97)51(40-85)110-70/h19-22,49-51,58-66,68-70,83-85,95-100H,7-18,23-43H2,1-6H3,(H,73,89)(H,74,90)(H,75,91)(H,76,92)(H,77,93)(H,78,94)(H,79,86)(H,80,87)(H,81,88)(H,82,101). The molecule has 0 aromatic heterocycles. The fourth-order valence-corrected chi connectivity index (χ4v) is 11.6. The third-order valence-electron chi connectivity index (χ3n) is 17.5. The van der Waals surface area contributed by atoms with Gasteiger partial charge in [-0.2, -0.15) is 0 Å². The van der Waals surface area contributed by atoms with Crippen LogP contribution in [0.5, 0.6) is 5.75 Å². The molecule has 1 aromatic carbocycles. The predicted molar refractivity (Wildman–Crippen MR) is 391 cm³/mol. The molecule has 0 radical (unpaired) electrons. The van der Waals surface area contributed by atoms with E-state index in [0.717, 1.165) is 0 Å². The summed E-state index contributed by atoms with van der Waals surface area (Å²) in [4.78, 5) is 127. The van der Waals surface area contributed by atoms with Crippen LogP contribution in [-0.4, -0.2) is 327 Å². The molecule has 15 atom stereocenters. The van der Waals surface area contributed by atoms with Gasteiger partial charge in [-0.15, -0.1) is 0 Å². The Labute approximate surface area is 646 Å². The number of nitrogens with one attached hydrogen (secondary N) is 10. The minimum Gasteiger partial charge on any atom is -0.488 e. The van der Waals surface area contributed by atoms with Gasteiger partial charge in [0.05, 0.1) is 59.5 Å². The summed E-state index contributed by atoms with van der Waals surface area (Å²) >= 11 is 0. The Hall–Kier alpha value is -7.00. The Morgan fingerprint density at radius 1 is 0.378 bits per heavy atom. The van der Waals surface area contributed by atoms with Gasteiger partial charge in [0.1, 0.15) is 90.0 Å². The molecule has 0 spiro atoms. The molecule has 39 nitrogen and oxygen atoms in total. The van der Waals surface area contributed by atoms with Crippen LogP contribution in [0.25, 0.3) is 0 Å². The SMILES string of the molecule is CC(=O)NC1C(OCCCCC(=O)NCCCNC(=O)CCOCC(COCCC(=O)NCCCNC(=O)CCCCOC2OC(CO)C(O)C(O)C2NC(C)=O)(COCCC(=O)NCCCNC(=O)CCCCOC2OC(CO)C(O)C(O)C2NC(C)=O)NC(=O)c2ccc(OC(C)(C)C)cc2)OC(CO)C(O)C1O. The van der Waals surface area contributed by atoms with Gasteiger partial charge in [0.25, 0.3) is 5.91 Å². The van der Waals surface area contributed by atoms with Crippen LogP contribution in [0.4, 0.5) is 0 Å². The van der Waals surface area contributed by atoms with E-state index in [1.807, 2.05) is 20.8 Å². The molecule has 111 heavy (non-hydrogen) atoms. The van der Waals surface area contributed by atoms with Crippen molar-refractivity contribution in [2.24, 2.45) is 0 Å². The number of hydrogen-bond acceptors (Lipinski definition) is 29. The number of carbonyl (C=O) groups excluding carboxylic acids is 10. The number of carbonyl (C=O) groups is 10. The first-order valence-electron chi connectivity index (χ1n) is 37.9. The van der Waals surface area contributed by atoms with E-state index in [1.54, 1.807) is 24.3 Å². The molecule has 39 heteroatoms. The Morgan fingerprint density at radius 3 is 0.919 bits per heavy atom. The van der Waals surface area contributed by atoms with Gasteiger partial charge in [0, 0.05) is 124 Å². The molecule has 19 N–H and O–H groups in total. The topological polar surface area (TPSA) is 565 Å². The van der Waals surface area contributed by atoms with Crippen molar-refractivity contribution < 1.29 is 141 Å². The predicted octanol–water partition coefficient (Wildman–Crippen LogP) is -5.19. The molecule has 634 valence electrons. The molecule has 0 bridgehead atoms. The lowest BCUT2D eigenvalue weighted by molar-refractivity contribution is -0.270. The van der Waals surface area contributed by atoms with Crippen molar-refractivity contribution in [2.75, 3.05) is 119 Å². The highest BCUT2D eigenvalue weighted by molar-refractivity contribution is 5.95. The van der Waals surface area contributed by atoms with Crippen molar-refractivity contribution in [1.29, 1.82) is 0 Å². The zero-order valence-corrected chi connectivity index (χ0v) is 64.5. The molecule has 0 aliphatic carbocycles. The molecular weight excluding hydrogens is 1470 g/mol. The van der Waals surface area contributed by atoms with E-state index in [9.17, 15) is 93.9 Å². The number of aliphatic hydroxyl groups excluding tert-OH is 9. The van der Waals surface area contributed by atoms with Crippen LogP contribution in [0.3, 0.4) is 0 Å². The Balaban J connectivity index is 1.28. The van der Waals surface area contributed by atoms with Crippen LogP contribution in [0.1, 0.15) is 148 Å². The molecule has 3 aliphatic heterocycles. The molecule has 4 rings (SSSR count). The number of aliphatic hydroxyl groups is 9. The summed E-state index contributed by atoms with van der Waals surface area (Å²) in [6.07, 6.45) is -12.1. The maximum absolute atomic E-state index is 14.2. The van der Waals surface area contributed by atoms with E-state index < -0.39 is 147 Å². The van der Waals surface area contributed by atoms with Crippen molar-refractivity contribution in [3.05, 3.63) is 29.8 Å². The molecular formula is C72H122N10O29. The van der Waals surface area contributed by atoms with Crippen LogP contribution in [0.2, 0.25) is 0 Å². The second-order valence-corrected chi connectivity index (χ2v) is 28.3. The normalized spacial score (nSPS) is 24.4. The summed E-state index contributed by atoms with van der Waals surface area (Å²) in [6, 6.07) is 3.09. The molecule has 3 saturated heterocycles. The van der Waals surface area contributed by atoms with Crippen LogP contribution >= 0.6 is 0 Å². The van der Waals surface area contributed by atoms with Gasteiger partial charge >= 0.3 is 0 Å². The summed E-state index contributed by atoms with van der Waals surface area (Å²) in [5.74, 6) is -3.50. The van der Waals surface area contributed by atoms with Gasteiger partial charge in [0.15, 0.2) is 18.9 Å². The number of amides is 10. The summed E-state index contributed by atoms with van der Waals surface area (Å²) in [5, 5.41) is 118. The Bertz CT molecular complexity index is 2710. The number of rotatable bonds is 54. The molecule has 15 unspecified atom stereocenters. The minimum absolute atomic E-state index is 0.0755. The second-order valence-electron chi connectivity index (χ2n) is 28.3. The fourth-order valence-electron chi connectivity index (χ4n) is 11.6. The lowest BCUT2D eigenvalue weighted by Crippen LogP contribution is -2.64. The smallest absolute Gasteiger partial charge is 0.251 e. The third kappa shape index (κ3) is 37.7. The van der Waals surface area contributed by atoms with E-state index >= 15 is 0 Å². The highest BCUT2D eigenvalue weighted by atomic mass is 16.7.